The summed E-state index contributed by atoms with van der Waals surface area (Å²) in [6, 6.07) is 14.2. The van der Waals surface area contributed by atoms with Gasteiger partial charge in [-0.15, -0.1) is 11.3 Å². The lowest BCUT2D eigenvalue weighted by atomic mass is 9.90. The number of allylic oxidation sites excluding steroid dienone is 3. The van der Waals surface area contributed by atoms with Crippen LogP contribution in [0.2, 0.25) is 0 Å². The standard InChI is InChI=1S/C24H19BF2N2O3S/c1-31-24(30)16-32-21-11-5-17(6-12-21)4-7-18-8-9-19-15-20-10-13-22(23-3-2-14-33-23)29(20)25(26,27)28(18)19/h2-15H,16H2,1H3/b7-4+. The molecule has 0 fully saturated rings. The number of rotatable bonds is 6. The van der Waals surface area contributed by atoms with Crippen LogP contribution in [-0.4, -0.2) is 41.3 Å². The van der Waals surface area contributed by atoms with Crippen molar-refractivity contribution in [2.24, 2.45) is 0 Å². The van der Waals surface area contributed by atoms with E-state index in [0.29, 0.717) is 28.5 Å². The van der Waals surface area contributed by atoms with Gasteiger partial charge in [0.25, 0.3) is 0 Å². The first kappa shape index (κ1) is 21.1. The number of benzene rings is 1. The van der Waals surface area contributed by atoms with E-state index in [1.807, 2.05) is 17.5 Å². The molecule has 0 unspecified atom stereocenters. The van der Waals surface area contributed by atoms with Gasteiger partial charge < -0.3 is 27.1 Å². The van der Waals surface area contributed by atoms with E-state index < -0.39 is 12.9 Å². The maximum absolute atomic E-state index is 15.8. The van der Waals surface area contributed by atoms with Crippen LogP contribution in [0.4, 0.5) is 8.63 Å². The first-order valence-electron chi connectivity index (χ1n) is 10.3. The highest BCUT2D eigenvalue weighted by Crippen LogP contribution is 2.37. The van der Waals surface area contributed by atoms with E-state index in [1.54, 1.807) is 66.8 Å². The second-order valence-corrected chi connectivity index (χ2v) is 8.49. The van der Waals surface area contributed by atoms with Gasteiger partial charge >= 0.3 is 12.9 Å². The lowest BCUT2D eigenvalue weighted by Crippen LogP contribution is -2.50. The molecular weight excluding hydrogens is 445 g/mol. The summed E-state index contributed by atoms with van der Waals surface area (Å²) in [5.41, 5.74) is 2.70. The Hall–Kier alpha value is -3.72. The topological polar surface area (TPSA) is 43.5 Å². The number of carbonyl (C=O) groups excluding carboxylic acids is 1. The third-order valence-corrected chi connectivity index (χ3v) is 6.42. The predicted molar refractivity (Wildman–Crippen MR) is 126 cm³/mol. The summed E-state index contributed by atoms with van der Waals surface area (Å²) < 4.78 is 43.7. The fourth-order valence-electron chi connectivity index (χ4n) is 3.97. The molecule has 5 nitrogen and oxygen atoms in total. The third-order valence-electron chi connectivity index (χ3n) is 5.53. The monoisotopic (exact) mass is 464 g/mol. The van der Waals surface area contributed by atoms with Crippen molar-refractivity contribution in [3.05, 3.63) is 89.1 Å². The summed E-state index contributed by atoms with van der Waals surface area (Å²) in [5.74, 6) is 0.0491. The van der Waals surface area contributed by atoms with E-state index in [9.17, 15) is 4.79 Å². The van der Waals surface area contributed by atoms with E-state index in [-0.39, 0.29) is 6.61 Å². The minimum Gasteiger partial charge on any atom is -0.482 e. The van der Waals surface area contributed by atoms with E-state index in [2.05, 4.69) is 4.74 Å². The highest BCUT2D eigenvalue weighted by atomic mass is 32.1. The Kier molecular flexibility index (Phi) is 5.34. The lowest BCUT2D eigenvalue weighted by molar-refractivity contribution is -0.359. The van der Waals surface area contributed by atoms with Crippen molar-refractivity contribution in [3.8, 4) is 16.3 Å². The molecule has 0 spiro atoms. The van der Waals surface area contributed by atoms with Crippen molar-refractivity contribution in [3.63, 3.8) is 0 Å². The molecule has 2 aliphatic rings. The van der Waals surface area contributed by atoms with Crippen molar-refractivity contribution >= 4 is 42.1 Å². The summed E-state index contributed by atoms with van der Waals surface area (Å²) >= 11 is 1.44. The molecule has 166 valence electrons. The number of hydrogen-bond acceptors (Lipinski definition) is 4. The van der Waals surface area contributed by atoms with Gasteiger partial charge in [0.2, 0.25) is 0 Å². The van der Waals surface area contributed by atoms with Gasteiger partial charge in [0.15, 0.2) is 18.0 Å². The van der Waals surface area contributed by atoms with Gasteiger partial charge in [-0.25, -0.2) is 4.79 Å². The molecule has 0 amide bonds. The van der Waals surface area contributed by atoms with Crippen LogP contribution >= 0.6 is 11.3 Å². The molecule has 5 rings (SSSR count). The SMILES string of the molecule is COC(=O)COc1ccc(/C=C/C2=[N+]3C(=Cc4ccc(-c5cccs5)n4[B-]3(F)F)C=C2)cc1. The van der Waals surface area contributed by atoms with Crippen LogP contribution in [0, 0.1) is 0 Å². The predicted octanol–water partition coefficient (Wildman–Crippen LogP) is 5.08. The summed E-state index contributed by atoms with van der Waals surface area (Å²) in [6.07, 6.45) is 8.63. The highest BCUT2D eigenvalue weighted by molar-refractivity contribution is 7.13. The Labute approximate surface area is 193 Å². The van der Waals surface area contributed by atoms with E-state index in [1.165, 1.54) is 18.4 Å². The zero-order valence-corrected chi connectivity index (χ0v) is 18.5. The third kappa shape index (κ3) is 3.85. The van der Waals surface area contributed by atoms with Gasteiger partial charge in [-0.3, -0.25) is 0 Å². The molecule has 0 radical (unpaired) electrons. The maximum Gasteiger partial charge on any atom is 0.737 e. The van der Waals surface area contributed by atoms with Gasteiger partial charge in [0, 0.05) is 40.6 Å². The Bertz CT molecular complexity index is 1340. The molecule has 9 heteroatoms. The van der Waals surface area contributed by atoms with E-state index in [4.69, 9.17) is 4.74 Å². The Morgan fingerprint density at radius 3 is 2.67 bits per heavy atom. The van der Waals surface area contributed by atoms with Crippen LogP contribution < -0.4 is 4.74 Å². The van der Waals surface area contributed by atoms with Gasteiger partial charge in [-0.2, -0.15) is 0 Å². The molecule has 0 atom stereocenters. The zero-order valence-electron chi connectivity index (χ0n) is 17.7. The number of nitrogens with zero attached hydrogens (tertiary/aromatic N) is 2. The molecular formula is C24H19BF2N2O3S. The van der Waals surface area contributed by atoms with Crippen molar-refractivity contribution in [1.82, 2.24) is 4.48 Å². The van der Waals surface area contributed by atoms with Gasteiger partial charge in [-0.05, 0) is 47.4 Å². The van der Waals surface area contributed by atoms with Crippen molar-refractivity contribution in [2.75, 3.05) is 13.7 Å². The fraction of sp³-hybridized carbons (Fsp3) is 0.0833. The molecule has 0 bridgehead atoms. The molecule has 0 N–H and O–H groups in total. The molecule has 3 aromatic rings. The molecule has 33 heavy (non-hydrogen) atoms. The Morgan fingerprint density at radius 2 is 1.94 bits per heavy atom. The number of carbonyl (C=O) groups is 1. The number of hydrogen-bond donors (Lipinski definition) is 0. The largest absolute Gasteiger partial charge is 0.737 e. The molecule has 1 aromatic carbocycles. The first-order chi connectivity index (χ1) is 16.0. The molecule has 0 saturated carbocycles. The van der Waals surface area contributed by atoms with Crippen LogP contribution in [0.5, 0.6) is 5.75 Å². The normalized spacial score (nSPS) is 16.0. The molecule has 0 saturated heterocycles. The minimum atomic E-state index is -4.07. The Morgan fingerprint density at radius 1 is 1.12 bits per heavy atom. The second kappa shape index (κ2) is 8.33. The second-order valence-electron chi connectivity index (χ2n) is 7.54. The summed E-state index contributed by atoms with van der Waals surface area (Å²) in [4.78, 5) is 12.0. The number of ether oxygens (including phenoxy) is 2. The molecule has 2 aliphatic heterocycles. The Balaban J connectivity index is 1.43. The zero-order chi connectivity index (χ0) is 23.0. The average molecular weight is 464 g/mol. The molecule has 4 heterocycles. The van der Waals surface area contributed by atoms with E-state index >= 15 is 8.63 Å². The number of aromatic nitrogens is 1. The van der Waals surface area contributed by atoms with Crippen molar-refractivity contribution in [1.29, 1.82) is 0 Å². The summed E-state index contributed by atoms with van der Waals surface area (Å²) in [5, 5.41) is 1.88. The summed E-state index contributed by atoms with van der Waals surface area (Å²) in [7, 11) is 1.29. The van der Waals surface area contributed by atoms with Crippen LogP contribution in [-0.2, 0) is 9.53 Å². The van der Waals surface area contributed by atoms with Crippen LogP contribution in [0.15, 0.2) is 77.8 Å². The van der Waals surface area contributed by atoms with Crippen molar-refractivity contribution < 1.29 is 27.4 Å². The molecule has 2 aromatic heterocycles. The number of methoxy groups -OCH3 is 1. The smallest absolute Gasteiger partial charge is 0.482 e. The van der Waals surface area contributed by atoms with E-state index in [0.717, 1.165) is 19.4 Å². The number of esters is 1. The van der Waals surface area contributed by atoms with Gasteiger partial charge in [0.05, 0.1) is 7.11 Å². The van der Waals surface area contributed by atoms with Crippen molar-refractivity contribution in [2.45, 2.75) is 0 Å². The summed E-state index contributed by atoms with van der Waals surface area (Å²) in [6.45, 7) is -4.25. The number of fused-ring (bicyclic) bond motifs is 2. The van der Waals surface area contributed by atoms with Crippen LogP contribution in [0.25, 0.3) is 22.7 Å². The lowest BCUT2D eigenvalue weighted by Gasteiger charge is -2.30. The first-order valence-corrected chi connectivity index (χ1v) is 11.2. The van der Waals surface area contributed by atoms with Crippen LogP contribution in [0.1, 0.15) is 11.3 Å². The molecule has 0 aliphatic carbocycles. The maximum atomic E-state index is 15.8. The van der Waals surface area contributed by atoms with Gasteiger partial charge in [-0.1, -0.05) is 18.2 Å². The number of thiophene rings is 1. The van der Waals surface area contributed by atoms with Gasteiger partial charge in [0.1, 0.15) is 5.75 Å². The minimum absolute atomic E-state index is 0.176. The number of halogens is 2. The average Bonchev–Trinajstić information content (AvgIpc) is 3.56. The highest BCUT2D eigenvalue weighted by Gasteiger charge is 2.52. The quantitative estimate of drug-likeness (QED) is 0.378. The fourth-order valence-corrected chi connectivity index (χ4v) is 4.72. The van der Waals surface area contributed by atoms with Crippen LogP contribution in [0.3, 0.4) is 0 Å².